The summed E-state index contributed by atoms with van der Waals surface area (Å²) in [5, 5.41) is 0. The smallest absolute Gasteiger partial charge is 0.306 e. The zero-order valence-electron chi connectivity index (χ0n) is 10.7. The third-order valence-corrected chi connectivity index (χ3v) is 2.98. The van der Waals surface area contributed by atoms with E-state index in [9.17, 15) is 13.6 Å². The van der Waals surface area contributed by atoms with E-state index in [1.807, 2.05) is 18.9 Å². The minimum atomic E-state index is -0.860. The van der Waals surface area contributed by atoms with Gasteiger partial charge in [0, 0.05) is 12.6 Å². The third-order valence-electron chi connectivity index (χ3n) is 2.98. The van der Waals surface area contributed by atoms with E-state index < -0.39 is 11.6 Å². The molecule has 5 heteroatoms. The molecule has 1 aromatic rings. The summed E-state index contributed by atoms with van der Waals surface area (Å²) in [6, 6.07) is 3.71. The summed E-state index contributed by atoms with van der Waals surface area (Å²) < 4.78 is 30.5. The minimum absolute atomic E-state index is 0.107. The van der Waals surface area contributed by atoms with Crippen molar-refractivity contribution in [3.63, 3.8) is 0 Å². The first kappa shape index (κ1) is 14.6. The van der Waals surface area contributed by atoms with Gasteiger partial charge in [0.25, 0.3) is 0 Å². The Bertz CT molecular complexity index is 423. The Balaban J connectivity index is 2.65. The number of esters is 1. The molecule has 3 nitrogen and oxygen atoms in total. The van der Waals surface area contributed by atoms with Crippen molar-refractivity contribution in [2.45, 2.75) is 19.4 Å². The van der Waals surface area contributed by atoms with Gasteiger partial charge in [0.15, 0.2) is 11.6 Å². The van der Waals surface area contributed by atoms with Crippen LogP contribution in [-0.4, -0.2) is 31.6 Å². The molecule has 100 valence electrons. The van der Waals surface area contributed by atoms with E-state index in [2.05, 4.69) is 4.74 Å². The molecule has 0 aliphatic rings. The first-order chi connectivity index (χ1) is 8.45. The van der Waals surface area contributed by atoms with E-state index in [1.165, 1.54) is 19.2 Å². The summed E-state index contributed by atoms with van der Waals surface area (Å²) in [5.74, 6) is -2.01. The van der Waals surface area contributed by atoms with Crippen LogP contribution in [-0.2, 0) is 9.53 Å². The number of nitrogens with zero attached hydrogens (tertiary/aromatic N) is 1. The van der Waals surface area contributed by atoms with Gasteiger partial charge in [-0.25, -0.2) is 8.78 Å². The number of ether oxygens (including phenoxy) is 1. The standard InChI is InChI=1S/C13H17F2NO2/c1-9(16(2)7-6-13(17)18-3)10-4-5-11(14)12(15)8-10/h4-5,8-9H,6-7H2,1-3H3. The van der Waals surface area contributed by atoms with Gasteiger partial charge in [-0.2, -0.15) is 0 Å². The number of carbonyl (C=O) groups is 1. The Morgan fingerprint density at radius 3 is 2.61 bits per heavy atom. The molecule has 0 saturated heterocycles. The van der Waals surface area contributed by atoms with Gasteiger partial charge in [0.2, 0.25) is 0 Å². The molecule has 0 fully saturated rings. The molecule has 0 aliphatic carbocycles. The summed E-state index contributed by atoms with van der Waals surface area (Å²) in [7, 11) is 3.15. The van der Waals surface area contributed by atoms with E-state index in [0.717, 1.165) is 6.07 Å². The number of hydrogen-bond acceptors (Lipinski definition) is 3. The second-order valence-corrected chi connectivity index (χ2v) is 4.16. The Labute approximate surface area is 105 Å². The van der Waals surface area contributed by atoms with Crippen molar-refractivity contribution in [2.24, 2.45) is 0 Å². The van der Waals surface area contributed by atoms with Gasteiger partial charge >= 0.3 is 5.97 Å². The van der Waals surface area contributed by atoms with Crippen LogP contribution < -0.4 is 0 Å². The lowest BCUT2D eigenvalue weighted by Crippen LogP contribution is -2.25. The first-order valence-electron chi connectivity index (χ1n) is 5.67. The van der Waals surface area contributed by atoms with Gasteiger partial charge in [-0.1, -0.05) is 6.07 Å². The van der Waals surface area contributed by atoms with Crippen LogP contribution in [0.15, 0.2) is 18.2 Å². The maximum Gasteiger partial charge on any atom is 0.306 e. The van der Waals surface area contributed by atoms with Gasteiger partial charge < -0.3 is 4.74 Å². The minimum Gasteiger partial charge on any atom is -0.469 e. The Hall–Kier alpha value is -1.49. The average Bonchev–Trinajstić information content (AvgIpc) is 2.37. The van der Waals surface area contributed by atoms with Crippen molar-refractivity contribution in [2.75, 3.05) is 20.7 Å². The number of hydrogen-bond donors (Lipinski definition) is 0. The van der Waals surface area contributed by atoms with Crippen molar-refractivity contribution < 1.29 is 18.3 Å². The van der Waals surface area contributed by atoms with Crippen molar-refractivity contribution in [1.29, 1.82) is 0 Å². The number of benzene rings is 1. The van der Waals surface area contributed by atoms with Gasteiger partial charge in [0.05, 0.1) is 13.5 Å². The second kappa shape index (κ2) is 6.44. The predicted molar refractivity (Wildman–Crippen MR) is 64.0 cm³/mol. The molecule has 1 atom stereocenters. The molecule has 0 saturated carbocycles. The van der Waals surface area contributed by atoms with Crippen LogP contribution in [0.3, 0.4) is 0 Å². The monoisotopic (exact) mass is 257 g/mol. The molecule has 0 aromatic heterocycles. The van der Waals surface area contributed by atoms with Crippen LogP contribution in [0.2, 0.25) is 0 Å². The third kappa shape index (κ3) is 3.77. The highest BCUT2D eigenvalue weighted by atomic mass is 19.2. The van der Waals surface area contributed by atoms with Crippen LogP contribution in [0.5, 0.6) is 0 Å². The summed E-state index contributed by atoms with van der Waals surface area (Å²) in [4.78, 5) is 12.9. The largest absolute Gasteiger partial charge is 0.469 e. The number of carbonyl (C=O) groups excluding carboxylic acids is 1. The Kier molecular flexibility index (Phi) is 5.22. The van der Waals surface area contributed by atoms with Crippen LogP contribution >= 0.6 is 0 Å². The highest BCUT2D eigenvalue weighted by molar-refractivity contribution is 5.69. The zero-order chi connectivity index (χ0) is 13.7. The molecule has 0 N–H and O–H groups in total. The van der Waals surface area contributed by atoms with Gasteiger partial charge in [0.1, 0.15) is 0 Å². The van der Waals surface area contributed by atoms with Gasteiger partial charge in [-0.05, 0) is 31.7 Å². The van der Waals surface area contributed by atoms with E-state index in [-0.39, 0.29) is 18.4 Å². The van der Waals surface area contributed by atoms with Gasteiger partial charge in [-0.15, -0.1) is 0 Å². The molecule has 0 aliphatic heterocycles. The zero-order valence-corrected chi connectivity index (χ0v) is 10.7. The van der Waals surface area contributed by atoms with Crippen LogP contribution in [0.1, 0.15) is 24.9 Å². The second-order valence-electron chi connectivity index (χ2n) is 4.16. The number of halogens is 2. The Morgan fingerprint density at radius 2 is 2.06 bits per heavy atom. The lowest BCUT2D eigenvalue weighted by molar-refractivity contribution is -0.141. The Morgan fingerprint density at radius 1 is 1.39 bits per heavy atom. The summed E-state index contributed by atoms with van der Waals surface area (Å²) in [6.45, 7) is 2.36. The fourth-order valence-electron chi connectivity index (χ4n) is 1.59. The quantitative estimate of drug-likeness (QED) is 0.759. The molecule has 0 bridgehead atoms. The van der Waals surface area contributed by atoms with Crippen molar-refractivity contribution >= 4 is 5.97 Å². The normalized spacial score (nSPS) is 12.6. The molecular formula is C13H17F2NO2. The van der Waals surface area contributed by atoms with Crippen LogP contribution in [0.4, 0.5) is 8.78 Å². The molecule has 0 radical (unpaired) electrons. The maximum atomic E-state index is 13.1. The van der Waals surface area contributed by atoms with Crippen LogP contribution in [0.25, 0.3) is 0 Å². The fraction of sp³-hybridized carbons (Fsp3) is 0.462. The molecule has 0 amide bonds. The molecule has 1 unspecified atom stereocenters. The van der Waals surface area contributed by atoms with Crippen LogP contribution in [0, 0.1) is 11.6 Å². The molecular weight excluding hydrogens is 240 g/mol. The topological polar surface area (TPSA) is 29.5 Å². The molecule has 0 spiro atoms. The summed E-state index contributed by atoms with van der Waals surface area (Å²) >= 11 is 0. The van der Waals surface area contributed by atoms with Crippen molar-refractivity contribution in [3.8, 4) is 0 Å². The molecule has 18 heavy (non-hydrogen) atoms. The predicted octanol–water partition coefficient (Wildman–Crippen LogP) is 2.52. The van der Waals surface area contributed by atoms with Crippen molar-refractivity contribution in [1.82, 2.24) is 4.90 Å². The summed E-state index contributed by atoms with van der Waals surface area (Å²) in [5.41, 5.74) is 0.668. The first-order valence-corrected chi connectivity index (χ1v) is 5.67. The lowest BCUT2D eigenvalue weighted by atomic mass is 10.1. The van der Waals surface area contributed by atoms with E-state index in [4.69, 9.17) is 0 Å². The lowest BCUT2D eigenvalue weighted by Gasteiger charge is -2.24. The number of rotatable bonds is 5. The summed E-state index contributed by atoms with van der Waals surface area (Å²) in [6.07, 6.45) is 0.265. The fourth-order valence-corrected chi connectivity index (χ4v) is 1.59. The molecule has 1 aromatic carbocycles. The highest BCUT2D eigenvalue weighted by Crippen LogP contribution is 2.20. The maximum absolute atomic E-state index is 13.1. The highest BCUT2D eigenvalue weighted by Gasteiger charge is 2.14. The van der Waals surface area contributed by atoms with E-state index in [0.29, 0.717) is 12.1 Å². The average molecular weight is 257 g/mol. The SMILES string of the molecule is COC(=O)CCN(C)C(C)c1ccc(F)c(F)c1. The number of methoxy groups -OCH3 is 1. The molecule has 1 rings (SSSR count). The molecule has 0 heterocycles. The van der Waals surface area contributed by atoms with E-state index in [1.54, 1.807) is 0 Å². The van der Waals surface area contributed by atoms with Crippen molar-refractivity contribution in [3.05, 3.63) is 35.4 Å². The van der Waals surface area contributed by atoms with Gasteiger partial charge in [-0.3, -0.25) is 9.69 Å². The van der Waals surface area contributed by atoms with E-state index >= 15 is 0 Å².